The van der Waals surface area contributed by atoms with E-state index < -0.39 is 12.1 Å². The molecule has 2 aromatic carbocycles. The molecule has 0 saturated heterocycles. The van der Waals surface area contributed by atoms with Gasteiger partial charge in [-0.3, -0.25) is 4.79 Å². The van der Waals surface area contributed by atoms with Crippen LogP contribution in [0.3, 0.4) is 0 Å². The van der Waals surface area contributed by atoms with Gasteiger partial charge in [0.2, 0.25) is 5.91 Å². The second kappa shape index (κ2) is 14.5. The number of carbonyl (C=O) groups excluding carboxylic acids is 2. The highest BCUT2D eigenvalue weighted by Crippen LogP contribution is 2.11. The van der Waals surface area contributed by atoms with E-state index in [1.165, 1.54) is 6.21 Å². The third kappa shape index (κ3) is 10.0. The number of carbonyl (C=O) groups is 2. The first-order valence-corrected chi connectivity index (χ1v) is 10.7. The first-order valence-electron chi connectivity index (χ1n) is 10.7. The fourth-order valence-electron chi connectivity index (χ4n) is 2.85. The molecule has 0 radical (unpaired) electrons. The van der Waals surface area contributed by atoms with Crippen LogP contribution in [0.1, 0.15) is 25.0 Å². The molecule has 178 valence electrons. The summed E-state index contributed by atoms with van der Waals surface area (Å²) < 4.78 is 16.2. The van der Waals surface area contributed by atoms with Crippen LogP contribution in [0.4, 0.5) is 4.79 Å². The topological polar surface area (TPSA) is 118 Å². The van der Waals surface area contributed by atoms with Crippen molar-refractivity contribution in [3.63, 3.8) is 0 Å². The van der Waals surface area contributed by atoms with Crippen LogP contribution in [0.2, 0.25) is 0 Å². The molecule has 9 heteroatoms. The number of ether oxygens (including phenoxy) is 3. The molecular formula is C24H31N3O6. The zero-order valence-electron chi connectivity index (χ0n) is 18.9. The van der Waals surface area contributed by atoms with Gasteiger partial charge >= 0.3 is 6.09 Å². The summed E-state index contributed by atoms with van der Waals surface area (Å²) in [4.78, 5) is 24.6. The maximum absolute atomic E-state index is 12.5. The fraction of sp³-hybridized carbons (Fsp3) is 0.375. The van der Waals surface area contributed by atoms with Crippen molar-refractivity contribution in [1.82, 2.24) is 10.6 Å². The zero-order chi connectivity index (χ0) is 23.9. The molecule has 1 atom stereocenters. The molecule has 2 amide bonds. The molecule has 3 N–H and O–H groups in total. The van der Waals surface area contributed by atoms with E-state index in [1.807, 2.05) is 44.2 Å². The van der Waals surface area contributed by atoms with E-state index in [1.54, 1.807) is 24.3 Å². The summed E-state index contributed by atoms with van der Waals surface area (Å²) in [6.07, 6.45) is 0.671. The Morgan fingerprint density at radius 3 is 2.58 bits per heavy atom. The molecule has 0 aromatic heterocycles. The van der Waals surface area contributed by atoms with Crippen molar-refractivity contribution < 1.29 is 29.0 Å². The average molecular weight is 458 g/mol. The van der Waals surface area contributed by atoms with E-state index in [4.69, 9.17) is 19.4 Å². The molecule has 0 saturated carbocycles. The highest BCUT2D eigenvalue weighted by molar-refractivity contribution is 5.85. The van der Waals surface area contributed by atoms with Crippen molar-refractivity contribution in [3.05, 3.63) is 65.7 Å². The Morgan fingerprint density at radius 1 is 1.06 bits per heavy atom. The lowest BCUT2D eigenvalue weighted by Gasteiger charge is -2.21. The molecule has 0 aliphatic heterocycles. The van der Waals surface area contributed by atoms with Gasteiger partial charge in [-0.05, 0) is 29.2 Å². The minimum absolute atomic E-state index is 0.116. The Labute approximate surface area is 193 Å². The van der Waals surface area contributed by atoms with Crippen molar-refractivity contribution in [2.45, 2.75) is 26.5 Å². The van der Waals surface area contributed by atoms with E-state index >= 15 is 0 Å². The number of amides is 2. The van der Waals surface area contributed by atoms with Crippen LogP contribution < -0.4 is 15.4 Å². The third-order valence-corrected chi connectivity index (χ3v) is 4.54. The van der Waals surface area contributed by atoms with Gasteiger partial charge in [0.15, 0.2) is 0 Å². The van der Waals surface area contributed by atoms with Gasteiger partial charge in [-0.1, -0.05) is 61.5 Å². The highest BCUT2D eigenvalue weighted by atomic mass is 16.5. The lowest BCUT2D eigenvalue weighted by molar-refractivity contribution is -0.124. The van der Waals surface area contributed by atoms with Gasteiger partial charge < -0.3 is 30.1 Å². The van der Waals surface area contributed by atoms with Gasteiger partial charge in [0.05, 0.1) is 19.4 Å². The Bertz CT molecular complexity index is 889. The quantitative estimate of drug-likeness (QED) is 0.184. The minimum atomic E-state index is -0.716. The van der Waals surface area contributed by atoms with Crippen LogP contribution in [0.5, 0.6) is 5.75 Å². The van der Waals surface area contributed by atoms with E-state index in [0.29, 0.717) is 32.1 Å². The van der Waals surface area contributed by atoms with Crippen LogP contribution in [-0.2, 0) is 20.9 Å². The van der Waals surface area contributed by atoms with Crippen molar-refractivity contribution >= 4 is 18.2 Å². The Hall–Kier alpha value is -3.59. The summed E-state index contributed by atoms with van der Waals surface area (Å²) in [6, 6.07) is 15.7. The summed E-state index contributed by atoms with van der Waals surface area (Å²) >= 11 is 0. The predicted molar refractivity (Wildman–Crippen MR) is 124 cm³/mol. The lowest BCUT2D eigenvalue weighted by atomic mass is 10.0. The monoisotopic (exact) mass is 457 g/mol. The normalized spacial score (nSPS) is 11.8. The zero-order valence-corrected chi connectivity index (χ0v) is 18.9. The first kappa shape index (κ1) is 25.7. The summed E-state index contributed by atoms with van der Waals surface area (Å²) in [7, 11) is 0. The van der Waals surface area contributed by atoms with Crippen molar-refractivity contribution in [3.8, 4) is 5.75 Å². The van der Waals surface area contributed by atoms with Crippen LogP contribution in [0.25, 0.3) is 0 Å². The number of hydrogen-bond acceptors (Lipinski definition) is 7. The maximum atomic E-state index is 12.5. The molecule has 0 aliphatic rings. The molecule has 0 unspecified atom stereocenters. The molecule has 0 heterocycles. The van der Waals surface area contributed by atoms with Crippen molar-refractivity contribution in [2.75, 3.05) is 26.4 Å². The molecule has 2 rings (SSSR count). The Balaban J connectivity index is 1.62. The van der Waals surface area contributed by atoms with Gasteiger partial charge in [-0.25, -0.2) is 4.79 Å². The van der Waals surface area contributed by atoms with E-state index in [0.717, 1.165) is 11.1 Å². The summed E-state index contributed by atoms with van der Waals surface area (Å²) in [5, 5.41) is 16.9. The summed E-state index contributed by atoms with van der Waals surface area (Å²) in [5.74, 6) is 0.216. The summed E-state index contributed by atoms with van der Waals surface area (Å²) in [5.41, 5.74) is 1.59. The molecule has 0 spiro atoms. The van der Waals surface area contributed by atoms with Gasteiger partial charge in [0, 0.05) is 6.54 Å². The van der Waals surface area contributed by atoms with Gasteiger partial charge in [0.25, 0.3) is 0 Å². The largest absolute Gasteiger partial charge is 0.491 e. The van der Waals surface area contributed by atoms with Crippen molar-refractivity contribution in [1.29, 1.82) is 0 Å². The smallest absolute Gasteiger partial charge is 0.408 e. The molecule has 33 heavy (non-hydrogen) atoms. The maximum Gasteiger partial charge on any atom is 0.408 e. The summed E-state index contributed by atoms with van der Waals surface area (Å²) in [6.45, 7) is 5.09. The Kier molecular flexibility index (Phi) is 11.3. The molecular weight excluding hydrogens is 426 g/mol. The average Bonchev–Trinajstić information content (AvgIpc) is 2.81. The second-order valence-electron chi connectivity index (χ2n) is 7.50. The van der Waals surface area contributed by atoms with Crippen LogP contribution in [0.15, 0.2) is 59.8 Å². The molecule has 0 fully saturated rings. The number of hydrogen-bond donors (Lipinski definition) is 3. The minimum Gasteiger partial charge on any atom is -0.491 e. The lowest BCUT2D eigenvalue weighted by Crippen LogP contribution is -2.50. The van der Waals surface area contributed by atoms with Gasteiger partial charge in [-0.2, -0.15) is 0 Å². The molecule has 2 aromatic rings. The highest BCUT2D eigenvalue weighted by Gasteiger charge is 2.24. The number of oxime groups is 1. The number of nitrogens with one attached hydrogen (secondary N) is 2. The van der Waals surface area contributed by atoms with Crippen LogP contribution in [0, 0.1) is 5.92 Å². The Morgan fingerprint density at radius 2 is 1.85 bits per heavy atom. The number of alkyl carbamates (subject to hydrolysis) is 1. The van der Waals surface area contributed by atoms with Crippen LogP contribution in [-0.4, -0.2) is 55.8 Å². The molecule has 9 nitrogen and oxygen atoms in total. The van der Waals surface area contributed by atoms with E-state index in [-0.39, 0.29) is 18.4 Å². The standard InChI is InChI=1S/C24H31N3O6/c1-18(2)22(27-24(29)33-17-19-7-4-3-5-8-19)23(28)25-11-12-31-13-14-32-21-10-6-9-20(15-21)16-26-30/h3-10,15-16,18,22,30H,11-14,17H2,1-2H3,(H,25,28)(H,27,29)/b26-16+/t22-/m0/s1. The van der Waals surface area contributed by atoms with Crippen LogP contribution >= 0.6 is 0 Å². The number of benzene rings is 2. The van der Waals surface area contributed by atoms with Gasteiger partial charge in [-0.15, -0.1) is 0 Å². The molecule has 0 bridgehead atoms. The predicted octanol–water partition coefficient (Wildman–Crippen LogP) is 2.96. The number of nitrogens with zero attached hydrogens (tertiary/aromatic N) is 1. The molecule has 0 aliphatic carbocycles. The van der Waals surface area contributed by atoms with E-state index in [2.05, 4.69) is 15.8 Å². The van der Waals surface area contributed by atoms with E-state index in [9.17, 15) is 9.59 Å². The third-order valence-electron chi connectivity index (χ3n) is 4.54. The fourth-order valence-corrected chi connectivity index (χ4v) is 2.85. The number of rotatable bonds is 13. The second-order valence-corrected chi connectivity index (χ2v) is 7.50. The van der Waals surface area contributed by atoms with Gasteiger partial charge in [0.1, 0.15) is 25.0 Å². The first-order chi connectivity index (χ1) is 16.0. The SMILES string of the molecule is CC(C)[C@H](NC(=O)OCc1ccccc1)C(=O)NCCOCCOc1cccc(/C=N/O)c1. The van der Waals surface area contributed by atoms with Crippen molar-refractivity contribution in [2.24, 2.45) is 11.1 Å².